The van der Waals surface area contributed by atoms with Crippen LogP contribution in [-0.4, -0.2) is 109 Å². The first kappa shape index (κ1) is 47.4. The first-order chi connectivity index (χ1) is 33.2. The highest BCUT2D eigenvalue weighted by atomic mass is 35.5. The molecule has 4 atom stereocenters. The Morgan fingerprint density at radius 1 is 0.971 bits per heavy atom. The van der Waals surface area contributed by atoms with Gasteiger partial charge in [-0.3, -0.25) is 19.0 Å². The average molecular weight is 972 g/mol. The van der Waals surface area contributed by atoms with Gasteiger partial charge < -0.3 is 29.6 Å². The number of aryl methyl sites for hydroxylation is 2. The predicted molar refractivity (Wildman–Crippen MR) is 270 cm³/mol. The number of β-amino-alcohol motifs (C(OH)–C–C–N with tert-alkyl or cyclic N) is 1. The largest absolute Gasteiger partial charge is 0.391 e. The van der Waals surface area contributed by atoms with Gasteiger partial charge in [0.15, 0.2) is 0 Å². The SMILES string of the molecule is Cc1cc(C(C(=O)N2CC(O)CC2C(=O)N[C@@H](CN2CCC(CN3CCC(c4cccc5c4C(C)(C)c4nc(=O)c6c(Cl)cccc6n4-5)CC3)CC2)c2ccc(-c3scnc3C)cc2)C(C)C)on1. The topological polar surface area (TPSA) is 150 Å². The summed E-state index contributed by atoms with van der Waals surface area (Å²) in [4.78, 5) is 58.9. The first-order valence-corrected chi connectivity index (χ1v) is 25.9. The second-order valence-corrected chi connectivity index (χ2v) is 22.1. The van der Waals surface area contributed by atoms with Crippen molar-refractivity contribution in [3.05, 3.63) is 127 Å². The van der Waals surface area contributed by atoms with Gasteiger partial charge in [0.2, 0.25) is 11.8 Å². The van der Waals surface area contributed by atoms with Crippen LogP contribution >= 0.6 is 22.9 Å². The number of halogens is 1. The lowest BCUT2D eigenvalue weighted by atomic mass is 9.76. The molecule has 69 heavy (non-hydrogen) atoms. The third kappa shape index (κ3) is 9.07. The quantitative estimate of drug-likeness (QED) is 0.122. The Balaban J connectivity index is 0.796. The minimum Gasteiger partial charge on any atom is -0.391 e. The van der Waals surface area contributed by atoms with E-state index in [2.05, 4.69) is 91.1 Å². The van der Waals surface area contributed by atoms with Gasteiger partial charge in [0.25, 0.3) is 5.56 Å². The molecule has 0 aliphatic carbocycles. The maximum atomic E-state index is 14.5. The van der Waals surface area contributed by atoms with Crippen LogP contribution in [0.2, 0.25) is 5.02 Å². The number of amides is 2. The standard InChI is InChI=1S/C54H63ClN8O5S/c1-31(2)46(45-25-32(3)59-68-45)52(67)62-28-38(64)26-44(62)50(65)57-41(36-13-15-37(16-14-36)49-33(4)56-30-69-49)29-61-21-17-34(18-22-61)27-60-23-19-35(20-24-60)39-9-7-12-43-48(39)54(5,6)53-58-51(66)47-40(55)10-8-11-42(47)63(43)53/h7-16,25,30-31,34-35,38,41,44,46,64H,17-24,26-29H2,1-6H3,(H,57,65)/t38?,41-,44?,46?/m0/s1. The molecule has 6 aromatic rings. The summed E-state index contributed by atoms with van der Waals surface area (Å²) < 4.78 is 7.73. The van der Waals surface area contributed by atoms with E-state index in [1.54, 1.807) is 28.4 Å². The summed E-state index contributed by atoms with van der Waals surface area (Å²) in [5.41, 5.74) is 9.42. The zero-order valence-corrected chi connectivity index (χ0v) is 42.0. The second kappa shape index (κ2) is 19.2. The molecule has 3 aromatic carbocycles. The van der Waals surface area contributed by atoms with E-state index in [0.717, 1.165) is 97.1 Å². The molecule has 3 unspecified atom stereocenters. The molecule has 4 aliphatic heterocycles. The van der Waals surface area contributed by atoms with Gasteiger partial charge in [-0.1, -0.05) is 73.1 Å². The predicted octanol–water partition coefficient (Wildman–Crippen LogP) is 8.56. The minimum atomic E-state index is -0.817. The number of aliphatic hydroxyl groups excluding tert-OH is 1. The van der Waals surface area contributed by atoms with Gasteiger partial charge in [-0.15, -0.1) is 11.3 Å². The normalized spacial score (nSPS) is 20.9. The Morgan fingerprint density at radius 2 is 1.70 bits per heavy atom. The van der Waals surface area contributed by atoms with Crippen molar-refractivity contribution < 1.29 is 19.2 Å². The number of nitrogens with zero attached hydrogens (tertiary/aromatic N) is 7. The van der Waals surface area contributed by atoms with Crippen molar-refractivity contribution in [1.29, 1.82) is 0 Å². The molecule has 0 saturated carbocycles. The molecule has 2 N–H and O–H groups in total. The van der Waals surface area contributed by atoms with Gasteiger partial charge in [0, 0.05) is 32.1 Å². The highest BCUT2D eigenvalue weighted by Gasteiger charge is 2.45. The third-order valence-corrected chi connectivity index (χ3v) is 16.7. The number of rotatable bonds is 12. The van der Waals surface area contributed by atoms with Crippen LogP contribution < -0.4 is 10.9 Å². The molecule has 4 aliphatic rings. The average Bonchev–Trinajstić information content (AvgIpc) is 4.12. The number of hydrogen-bond acceptors (Lipinski definition) is 11. The van der Waals surface area contributed by atoms with Gasteiger partial charge >= 0.3 is 0 Å². The lowest BCUT2D eigenvalue weighted by Gasteiger charge is -2.39. The molecule has 3 fully saturated rings. The van der Waals surface area contributed by atoms with Crippen LogP contribution in [0.15, 0.2) is 81.6 Å². The number of carbonyl (C=O) groups excluding carboxylic acids is 2. The summed E-state index contributed by atoms with van der Waals surface area (Å²) in [6.45, 7) is 17.8. The number of fused-ring (bicyclic) bond motifs is 5. The number of aromatic nitrogens is 4. The summed E-state index contributed by atoms with van der Waals surface area (Å²) in [5, 5.41) is 19.2. The fraction of sp³-hybridized carbons (Fsp3) is 0.481. The Bertz CT molecular complexity index is 2930. The van der Waals surface area contributed by atoms with Crippen LogP contribution in [0.3, 0.4) is 0 Å². The molecule has 15 heteroatoms. The number of hydrogen-bond donors (Lipinski definition) is 2. The summed E-state index contributed by atoms with van der Waals surface area (Å²) in [6.07, 6.45) is 3.64. The number of benzene rings is 3. The first-order valence-electron chi connectivity index (χ1n) is 24.7. The number of likely N-dealkylation sites (tertiary alicyclic amines) is 3. The van der Waals surface area contributed by atoms with E-state index in [1.807, 2.05) is 45.3 Å². The smallest absolute Gasteiger partial charge is 0.282 e. The van der Waals surface area contributed by atoms with E-state index in [1.165, 1.54) is 11.1 Å². The molecule has 0 radical (unpaired) electrons. The van der Waals surface area contributed by atoms with Crippen LogP contribution in [0.1, 0.15) is 117 Å². The Hall–Kier alpha value is -5.25. The maximum Gasteiger partial charge on any atom is 0.282 e. The van der Waals surface area contributed by atoms with Crippen molar-refractivity contribution in [2.45, 2.75) is 109 Å². The third-order valence-electron chi connectivity index (χ3n) is 15.4. The van der Waals surface area contributed by atoms with Gasteiger partial charge in [0.05, 0.1) is 60.9 Å². The number of aliphatic hydroxyl groups is 1. The molecule has 13 nitrogen and oxygen atoms in total. The van der Waals surface area contributed by atoms with Crippen molar-refractivity contribution in [1.82, 2.24) is 39.7 Å². The van der Waals surface area contributed by atoms with Crippen molar-refractivity contribution in [3.63, 3.8) is 0 Å². The second-order valence-electron chi connectivity index (χ2n) is 20.8. The molecule has 3 saturated heterocycles. The monoisotopic (exact) mass is 970 g/mol. The lowest BCUT2D eigenvalue weighted by molar-refractivity contribution is -0.141. The van der Waals surface area contributed by atoms with Crippen molar-refractivity contribution in [3.8, 4) is 16.1 Å². The number of nitrogens with one attached hydrogen (secondary N) is 1. The molecule has 2 amide bonds. The molecule has 10 rings (SSSR count). The molecule has 0 bridgehead atoms. The van der Waals surface area contributed by atoms with E-state index in [-0.39, 0.29) is 42.3 Å². The van der Waals surface area contributed by atoms with E-state index in [0.29, 0.717) is 40.2 Å². The highest BCUT2D eigenvalue weighted by Crippen LogP contribution is 2.48. The van der Waals surface area contributed by atoms with Crippen molar-refractivity contribution in [2.75, 3.05) is 45.8 Å². The van der Waals surface area contributed by atoms with E-state index < -0.39 is 23.5 Å². The van der Waals surface area contributed by atoms with E-state index in [9.17, 15) is 19.5 Å². The van der Waals surface area contributed by atoms with Gasteiger partial charge in [-0.2, -0.15) is 4.98 Å². The maximum absolute atomic E-state index is 14.5. The van der Waals surface area contributed by atoms with Gasteiger partial charge in [0.1, 0.15) is 23.5 Å². The zero-order chi connectivity index (χ0) is 48.3. The van der Waals surface area contributed by atoms with Crippen LogP contribution in [0.4, 0.5) is 0 Å². The van der Waals surface area contributed by atoms with Crippen LogP contribution in [0.25, 0.3) is 27.0 Å². The van der Waals surface area contributed by atoms with E-state index in [4.69, 9.17) is 16.1 Å². The number of carbonyl (C=O) groups is 2. The molecule has 0 spiro atoms. The van der Waals surface area contributed by atoms with Crippen LogP contribution in [-0.2, 0) is 15.0 Å². The number of piperidine rings is 2. The Morgan fingerprint density at radius 3 is 2.38 bits per heavy atom. The van der Waals surface area contributed by atoms with Crippen LogP contribution in [0.5, 0.6) is 0 Å². The zero-order valence-electron chi connectivity index (χ0n) is 40.5. The Labute approximate surface area is 412 Å². The Kier molecular flexibility index (Phi) is 13.2. The minimum absolute atomic E-state index is 0.0853. The number of thiazole rings is 1. The summed E-state index contributed by atoms with van der Waals surface area (Å²) >= 11 is 8.17. The summed E-state index contributed by atoms with van der Waals surface area (Å²) in [6, 6.07) is 21.3. The van der Waals surface area contributed by atoms with Crippen molar-refractivity contribution in [2.24, 2.45) is 11.8 Å². The highest BCUT2D eigenvalue weighted by molar-refractivity contribution is 7.13. The lowest BCUT2D eigenvalue weighted by Crippen LogP contribution is -2.50. The molecular weight excluding hydrogens is 908 g/mol. The van der Waals surface area contributed by atoms with Crippen LogP contribution in [0, 0.1) is 25.7 Å². The van der Waals surface area contributed by atoms with Crippen molar-refractivity contribution >= 4 is 45.7 Å². The molecule has 362 valence electrons. The summed E-state index contributed by atoms with van der Waals surface area (Å²) in [5.74, 6) is 1.000. The fourth-order valence-electron chi connectivity index (χ4n) is 11.9. The van der Waals surface area contributed by atoms with E-state index >= 15 is 0 Å². The summed E-state index contributed by atoms with van der Waals surface area (Å²) in [7, 11) is 0. The van der Waals surface area contributed by atoms with Gasteiger partial charge in [-0.05, 0) is 138 Å². The molecule has 7 heterocycles. The van der Waals surface area contributed by atoms with Gasteiger partial charge in [-0.25, -0.2) is 4.98 Å². The molecule has 3 aromatic heterocycles. The molecular formula is C54H63ClN8O5S. The fourth-order valence-corrected chi connectivity index (χ4v) is 12.9.